The number of hydrogen-bond acceptors (Lipinski definition) is 2. The van der Waals surface area contributed by atoms with E-state index >= 15 is 0 Å². The maximum atomic E-state index is 12.9. The Morgan fingerprint density at radius 3 is 1.60 bits per heavy atom. The fourth-order valence-corrected chi connectivity index (χ4v) is 0.963. The second-order valence-electron chi connectivity index (χ2n) is 5.16. The minimum atomic E-state index is -6.56. The zero-order chi connectivity index (χ0) is 15.9. The molecule has 0 aliphatic carbocycles. The average Bonchev–Trinajstić information content (AvgIpc) is 2.13. The van der Waals surface area contributed by atoms with Gasteiger partial charge in [-0.25, -0.2) is 0 Å². The fourth-order valence-electron chi connectivity index (χ4n) is 0.963. The molecule has 1 N–H and O–H groups in total. The van der Waals surface area contributed by atoms with Gasteiger partial charge in [-0.1, -0.05) is 20.8 Å². The number of aliphatic hydroxyl groups excluding tert-OH is 1. The Morgan fingerprint density at radius 1 is 1.00 bits per heavy atom. The average molecular weight is 406 g/mol. The van der Waals surface area contributed by atoms with Gasteiger partial charge < -0.3 is 5.11 Å². The van der Waals surface area contributed by atoms with E-state index in [-0.39, 0.29) is 22.4 Å². The van der Waals surface area contributed by atoms with Crippen LogP contribution in [0.5, 0.6) is 0 Å². The van der Waals surface area contributed by atoms with E-state index in [1.165, 1.54) is 20.8 Å². The first kappa shape index (κ1) is 22.2. The second-order valence-corrected chi connectivity index (χ2v) is 5.16. The fraction of sp³-hybridized carbons (Fsp3) is 0.900. The third-order valence-electron chi connectivity index (χ3n) is 2.48. The van der Waals surface area contributed by atoms with Gasteiger partial charge in [-0.2, -0.15) is 30.7 Å². The summed E-state index contributed by atoms with van der Waals surface area (Å²) in [6.45, 7) is 3.93. The van der Waals surface area contributed by atoms with Crippen LogP contribution in [0.25, 0.3) is 0 Å². The van der Waals surface area contributed by atoms with Crippen molar-refractivity contribution < 1.29 is 63.0 Å². The number of Topliss-reactive ketones (excluding diaryl/α,β-unsaturated/α-hetero) is 1. The number of carbonyl (C=O) groups excluding carboxylic acids is 1. The molecule has 1 atom stereocenters. The van der Waals surface area contributed by atoms with Gasteiger partial charge in [-0.15, -0.1) is 0 Å². The number of carbonyl (C=O) groups is 1. The normalized spacial score (nSPS) is 15.6. The molecule has 20 heavy (non-hydrogen) atoms. The van der Waals surface area contributed by atoms with E-state index < -0.39 is 41.7 Å². The van der Waals surface area contributed by atoms with E-state index in [0.717, 1.165) is 0 Å². The standard InChI is InChI=1S/C10H13F7O2.Ag/c1-7(2,3)5(18)4-6(19)8(11,12)9(13,14)10(15,16)17;/h5,18H,4H2,1-3H3;. The van der Waals surface area contributed by atoms with Crippen LogP contribution in [-0.4, -0.2) is 35.0 Å². The first-order valence-corrected chi connectivity index (χ1v) is 5.09. The molecule has 0 bridgehead atoms. The molecule has 0 aromatic heterocycles. The number of alkyl halides is 7. The molecular formula is C10H13AgF7O2. The Kier molecular flexibility index (Phi) is 7.02. The van der Waals surface area contributed by atoms with Gasteiger partial charge in [0.1, 0.15) is 0 Å². The second kappa shape index (κ2) is 6.33. The van der Waals surface area contributed by atoms with Crippen LogP contribution in [0.3, 0.4) is 0 Å². The monoisotopic (exact) mass is 405 g/mol. The quantitative estimate of drug-likeness (QED) is 0.576. The van der Waals surface area contributed by atoms with Crippen LogP contribution in [0, 0.1) is 5.41 Å². The first-order valence-electron chi connectivity index (χ1n) is 5.09. The Balaban J connectivity index is 0. The van der Waals surface area contributed by atoms with Gasteiger partial charge in [0, 0.05) is 28.8 Å². The summed E-state index contributed by atoms with van der Waals surface area (Å²) in [6.07, 6.45) is -9.82. The van der Waals surface area contributed by atoms with Gasteiger partial charge >= 0.3 is 18.0 Å². The predicted octanol–water partition coefficient (Wildman–Crippen LogP) is 3.18. The first-order chi connectivity index (χ1) is 8.05. The molecule has 1 radical (unpaired) electrons. The number of ketones is 1. The summed E-state index contributed by atoms with van der Waals surface area (Å²) in [4.78, 5) is 10.9. The maximum absolute atomic E-state index is 12.9. The molecule has 0 amide bonds. The molecule has 0 saturated carbocycles. The molecule has 0 aromatic rings. The molecule has 0 rings (SSSR count). The van der Waals surface area contributed by atoms with E-state index in [0.29, 0.717) is 0 Å². The minimum Gasteiger partial charge on any atom is -0.392 e. The summed E-state index contributed by atoms with van der Waals surface area (Å²) < 4.78 is 86.3. The Bertz CT molecular complexity index is 346. The molecule has 10 heteroatoms. The molecule has 0 heterocycles. The summed E-state index contributed by atoms with van der Waals surface area (Å²) in [5.74, 6) is -15.1. The smallest absolute Gasteiger partial charge is 0.392 e. The molecule has 2 nitrogen and oxygen atoms in total. The van der Waals surface area contributed by atoms with Crippen molar-refractivity contribution in [1.29, 1.82) is 0 Å². The van der Waals surface area contributed by atoms with Crippen molar-refractivity contribution >= 4 is 5.78 Å². The van der Waals surface area contributed by atoms with Crippen LogP contribution >= 0.6 is 0 Å². The molecule has 0 aliphatic rings. The van der Waals surface area contributed by atoms with E-state index in [2.05, 4.69) is 0 Å². The van der Waals surface area contributed by atoms with Crippen LogP contribution in [0.1, 0.15) is 27.2 Å². The van der Waals surface area contributed by atoms with Crippen molar-refractivity contribution in [2.45, 2.75) is 51.3 Å². The maximum Gasteiger partial charge on any atom is 0.460 e. The van der Waals surface area contributed by atoms with Gasteiger partial charge in [0.05, 0.1) is 6.10 Å². The number of hydrogen-bond donors (Lipinski definition) is 1. The Hall–Kier alpha value is -0.120. The molecule has 0 aliphatic heterocycles. The third kappa shape index (κ3) is 4.44. The van der Waals surface area contributed by atoms with E-state index in [9.17, 15) is 40.6 Å². The van der Waals surface area contributed by atoms with Crippen LogP contribution in [0.4, 0.5) is 30.7 Å². The number of rotatable bonds is 4. The van der Waals surface area contributed by atoms with Crippen molar-refractivity contribution in [3.05, 3.63) is 0 Å². The molecule has 0 saturated heterocycles. The van der Waals surface area contributed by atoms with Gasteiger partial charge in [0.25, 0.3) is 0 Å². The molecular weight excluding hydrogens is 393 g/mol. The number of aliphatic hydroxyl groups is 1. The summed E-state index contributed by atoms with van der Waals surface area (Å²) in [5, 5.41) is 9.31. The Morgan fingerprint density at radius 2 is 1.35 bits per heavy atom. The molecule has 0 aromatic carbocycles. The molecule has 1 unspecified atom stereocenters. The van der Waals surface area contributed by atoms with E-state index in [1.807, 2.05) is 0 Å². The minimum absolute atomic E-state index is 0. The van der Waals surface area contributed by atoms with Gasteiger partial charge in [-0.3, -0.25) is 4.79 Å². The zero-order valence-corrected chi connectivity index (χ0v) is 12.1. The largest absolute Gasteiger partial charge is 0.460 e. The molecule has 0 fully saturated rings. The van der Waals surface area contributed by atoms with Crippen molar-refractivity contribution in [2.75, 3.05) is 0 Å². The summed E-state index contributed by atoms with van der Waals surface area (Å²) in [6, 6.07) is 0. The van der Waals surface area contributed by atoms with Gasteiger partial charge in [-0.05, 0) is 5.41 Å². The molecule has 125 valence electrons. The zero-order valence-electron chi connectivity index (χ0n) is 10.6. The van der Waals surface area contributed by atoms with E-state index in [1.54, 1.807) is 0 Å². The summed E-state index contributed by atoms with van der Waals surface area (Å²) >= 11 is 0. The Labute approximate surface area is 126 Å². The third-order valence-corrected chi connectivity index (χ3v) is 2.48. The molecule has 0 spiro atoms. The van der Waals surface area contributed by atoms with Crippen molar-refractivity contribution in [2.24, 2.45) is 5.41 Å². The predicted molar refractivity (Wildman–Crippen MR) is 51.0 cm³/mol. The summed E-state index contributed by atoms with van der Waals surface area (Å²) in [7, 11) is 0. The van der Waals surface area contributed by atoms with Crippen molar-refractivity contribution in [3.63, 3.8) is 0 Å². The van der Waals surface area contributed by atoms with E-state index in [4.69, 9.17) is 0 Å². The van der Waals surface area contributed by atoms with Crippen LogP contribution in [0.2, 0.25) is 0 Å². The number of halogens is 7. The van der Waals surface area contributed by atoms with Crippen LogP contribution in [-0.2, 0) is 27.2 Å². The topological polar surface area (TPSA) is 37.3 Å². The van der Waals surface area contributed by atoms with Gasteiger partial charge in [0.15, 0.2) is 0 Å². The van der Waals surface area contributed by atoms with Crippen molar-refractivity contribution in [3.8, 4) is 0 Å². The summed E-state index contributed by atoms with van der Waals surface area (Å²) in [5.41, 5.74) is -1.11. The SMILES string of the molecule is CC(C)(C)C(O)CC(=O)C(F)(F)C(F)(F)C(F)(F)F.[Ag]. The van der Waals surface area contributed by atoms with Crippen LogP contribution in [0.15, 0.2) is 0 Å². The van der Waals surface area contributed by atoms with Crippen molar-refractivity contribution in [1.82, 2.24) is 0 Å². The van der Waals surface area contributed by atoms with Crippen LogP contribution < -0.4 is 0 Å². The van der Waals surface area contributed by atoms with Gasteiger partial charge in [0.2, 0.25) is 5.78 Å².